The van der Waals surface area contributed by atoms with E-state index in [0.29, 0.717) is 5.02 Å². The van der Waals surface area contributed by atoms with Crippen LogP contribution in [0.1, 0.15) is 18.5 Å². The van der Waals surface area contributed by atoms with Crippen molar-refractivity contribution in [1.82, 2.24) is 0 Å². The van der Waals surface area contributed by atoms with Gasteiger partial charge in [-0.25, -0.2) is 0 Å². The van der Waals surface area contributed by atoms with Crippen molar-refractivity contribution < 1.29 is 0 Å². The quantitative estimate of drug-likeness (QED) is 0.617. The van der Waals surface area contributed by atoms with Gasteiger partial charge in [-0.3, -0.25) is 5.43 Å². The first kappa shape index (κ1) is 12.6. The van der Waals surface area contributed by atoms with E-state index in [1.165, 1.54) is 0 Å². The molecule has 0 radical (unpaired) electrons. The van der Waals surface area contributed by atoms with Gasteiger partial charge in [0.1, 0.15) is 0 Å². The molecular weight excluding hydrogens is 246 g/mol. The third-order valence-corrected chi connectivity index (χ3v) is 2.79. The first-order valence-electron chi connectivity index (χ1n) is 5.72. The Hall–Kier alpha value is -1.87. The van der Waals surface area contributed by atoms with Crippen LogP contribution in [0, 0.1) is 0 Å². The molecule has 0 saturated heterocycles. The summed E-state index contributed by atoms with van der Waals surface area (Å²) in [5, 5.41) is 8.88. The standard InChI is InChI=1S/C14H14ClN3/c1-11(12-5-3-2-4-6-12)16-18-17-14-9-7-13(15)8-10-14/h2-11H,1H3,(H,16,17)/t11-/m0/s1. The van der Waals surface area contributed by atoms with Crippen molar-refractivity contribution in [2.45, 2.75) is 13.0 Å². The summed E-state index contributed by atoms with van der Waals surface area (Å²) in [6.07, 6.45) is 0. The lowest BCUT2D eigenvalue weighted by Crippen LogP contribution is -1.91. The topological polar surface area (TPSA) is 36.8 Å². The number of halogens is 1. The Labute approximate surface area is 111 Å². The van der Waals surface area contributed by atoms with Crippen LogP contribution in [-0.2, 0) is 0 Å². The van der Waals surface area contributed by atoms with E-state index in [1.54, 1.807) is 12.1 Å². The fourth-order valence-corrected chi connectivity index (χ4v) is 1.62. The molecule has 92 valence electrons. The Morgan fingerprint density at radius 1 is 1.00 bits per heavy atom. The Bertz CT molecular complexity index is 508. The zero-order valence-corrected chi connectivity index (χ0v) is 10.8. The second-order valence-electron chi connectivity index (χ2n) is 3.92. The van der Waals surface area contributed by atoms with E-state index in [9.17, 15) is 0 Å². The molecule has 0 heterocycles. The lowest BCUT2D eigenvalue weighted by molar-refractivity contribution is 0.750. The minimum Gasteiger partial charge on any atom is -0.260 e. The van der Waals surface area contributed by atoms with Crippen molar-refractivity contribution in [3.05, 3.63) is 65.2 Å². The molecule has 0 aromatic heterocycles. The molecule has 18 heavy (non-hydrogen) atoms. The van der Waals surface area contributed by atoms with Crippen LogP contribution >= 0.6 is 11.6 Å². The number of benzene rings is 2. The molecule has 0 fully saturated rings. The molecule has 0 bridgehead atoms. The van der Waals surface area contributed by atoms with Crippen LogP contribution < -0.4 is 5.43 Å². The van der Waals surface area contributed by atoms with Crippen molar-refractivity contribution >= 4 is 17.3 Å². The minimum atomic E-state index is 0.0333. The van der Waals surface area contributed by atoms with E-state index in [1.807, 2.05) is 49.4 Å². The molecule has 0 amide bonds. The molecule has 2 rings (SSSR count). The Morgan fingerprint density at radius 2 is 1.67 bits per heavy atom. The third kappa shape index (κ3) is 3.57. The van der Waals surface area contributed by atoms with Crippen LogP contribution in [0.15, 0.2) is 64.9 Å². The molecule has 0 unspecified atom stereocenters. The van der Waals surface area contributed by atoms with Crippen LogP contribution in [0.5, 0.6) is 0 Å². The number of anilines is 1. The van der Waals surface area contributed by atoms with Crippen molar-refractivity contribution in [1.29, 1.82) is 0 Å². The SMILES string of the molecule is C[C@H](N=NNc1ccc(Cl)cc1)c1ccccc1. The molecular formula is C14H14ClN3. The van der Waals surface area contributed by atoms with Crippen LogP contribution in [0.2, 0.25) is 5.02 Å². The summed E-state index contributed by atoms with van der Waals surface area (Å²) in [5.41, 5.74) is 4.87. The van der Waals surface area contributed by atoms with E-state index >= 15 is 0 Å². The summed E-state index contributed by atoms with van der Waals surface area (Å²) < 4.78 is 0. The van der Waals surface area contributed by atoms with Gasteiger partial charge in [0.2, 0.25) is 0 Å². The smallest absolute Gasteiger partial charge is 0.0951 e. The summed E-state index contributed by atoms with van der Waals surface area (Å²) in [7, 11) is 0. The number of nitrogens with zero attached hydrogens (tertiary/aromatic N) is 2. The van der Waals surface area contributed by atoms with E-state index < -0.39 is 0 Å². The fourth-order valence-electron chi connectivity index (χ4n) is 1.50. The highest BCUT2D eigenvalue weighted by Crippen LogP contribution is 2.17. The molecule has 2 aromatic carbocycles. The van der Waals surface area contributed by atoms with Gasteiger partial charge in [0, 0.05) is 5.02 Å². The van der Waals surface area contributed by atoms with Crippen LogP contribution in [0.3, 0.4) is 0 Å². The zero-order chi connectivity index (χ0) is 12.8. The highest BCUT2D eigenvalue weighted by Gasteiger charge is 2.01. The van der Waals surface area contributed by atoms with Crippen molar-refractivity contribution in [3.63, 3.8) is 0 Å². The maximum Gasteiger partial charge on any atom is 0.0951 e. The van der Waals surface area contributed by atoms with Gasteiger partial charge in [-0.15, -0.1) is 0 Å². The number of rotatable bonds is 4. The van der Waals surface area contributed by atoms with Gasteiger partial charge in [0.25, 0.3) is 0 Å². The molecule has 4 heteroatoms. The van der Waals surface area contributed by atoms with Gasteiger partial charge in [-0.05, 0) is 36.8 Å². The number of hydrogen-bond acceptors (Lipinski definition) is 2. The maximum atomic E-state index is 5.79. The molecule has 1 atom stereocenters. The largest absolute Gasteiger partial charge is 0.260 e. The van der Waals surface area contributed by atoms with Gasteiger partial charge in [0.05, 0.1) is 11.7 Å². The lowest BCUT2D eigenvalue weighted by Gasteiger charge is -2.04. The average Bonchev–Trinajstić information content (AvgIpc) is 2.42. The van der Waals surface area contributed by atoms with Crippen LogP contribution in [-0.4, -0.2) is 0 Å². The van der Waals surface area contributed by atoms with Crippen molar-refractivity contribution in [2.24, 2.45) is 10.3 Å². The molecule has 1 N–H and O–H groups in total. The van der Waals surface area contributed by atoms with Crippen LogP contribution in [0.25, 0.3) is 0 Å². The highest BCUT2D eigenvalue weighted by atomic mass is 35.5. The second kappa shape index (κ2) is 6.17. The molecule has 2 aromatic rings. The van der Waals surface area contributed by atoms with E-state index in [2.05, 4.69) is 15.8 Å². The monoisotopic (exact) mass is 259 g/mol. The Morgan fingerprint density at radius 3 is 2.33 bits per heavy atom. The first-order valence-corrected chi connectivity index (χ1v) is 6.10. The highest BCUT2D eigenvalue weighted by molar-refractivity contribution is 6.30. The number of hydrogen-bond donors (Lipinski definition) is 1. The van der Waals surface area contributed by atoms with Gasteiger partial charge >= 0.3 is 0 Å². The lowest BCUT2D eigenvalue weighted by atomic mass is 10.1. The average molecular weight is 260 g/mol. The summed E-state index contributed by atoms with van der Waals surface area (Å²) in [5.74, 6) is 0. The first-order chi connectivity index (χ1) is 8.75. The van der Waals surface area contributed by atoms with Gasteiger partial charge in [-0.2, -0.15) is 5.11 Å². The summed E-state index contributed by atoms with van der Waals surface area (Å²) >= 11 is 5.79. The summed E-state index contributed by atoms with van der Waals surface area (Å²) in [6.45, 7) is 2.00. The Kier molecular flexibility index (Phi) is 4.31. The molecule has 0 aliphatic rings. The van der Waals surface area contributed by atoms with E-state index in [-0.39, 0.29) is 6.04 Å². The summed E-state index contributed by atoms with van der Waals surface area (Å²) in [4.78, 5) is 0. The third-order valence-electron chi connectivity index (χ3n) is 2.54. The minimum absolute atomic E-state index is 0.0333. The maximum absolute atomic E-state index is 5.79. The molecule has 0 spiro atoms. The number of nitrogens with one attached hydrogen (secondary N) is 1. The van der Waals surface area contributed by atoms with Gasteiger partial charge in [-0.1, -0.05) is 47.2 Å². The molecule has 0 saturated carbocycles. The molecule has 0 aliphatic carbocycles. The second-order valence-corrected chi connectivity index (χ2v) is 4.36. The normalized spacial score (nSPS) is 12.6. The summed E-state index contributed by atoms with van der Waals surface area (Å²) in [6, 6.07) is 17.4. The predicted molar refractivity (Wildman–Crippen MR) is 74.8 cm³/mol. The van der Waals surface area contributed by atoms with Gasteiger partial charge in [0.15, 0.2) is 0 Å². The Balaban J connectivity index is 1.93. The zero-order valence-electron chi connectivity index (χ0n) is 10.0. The fraction of sp³-hybridized carbons (Fsp3) is 0.143. The van der Waals surface area contributed by atoms with Crippen molar-refractivity contribution in [2.75, 3.05) is 5.43 Å². The van der Waals surface area contributed by atoms with E-state index in [0.717, 1.165) is 11.3 Å². The predicted octanol–water partition coefficient (Wildman–Crippen LogP) is 4.88. The van der Waals surface area contributed by atoms with Gasteiger partial charge < -0.3 is 0 Å². The van der Waals surface area contributed by atoms with E-state index in [4.69, 9.17) is 11.6 Å². The molecule has 0 aliphatic heterocycles. The van der Waals surface area contributed by atoms with Crippen LogP contribution in [0.4, 0.5) is 5.69 Å². The molecule has 3 nitrogen and oxygen atoms in total. The van der Waals surface area contributed by atoms with Crippen molar-refractivity contribution in [3.8, 4) is 0 Å².